The van der Waals surface area contributed by atoms with E-state index in [9.17, 15) is 8.42 Å². The molecule has 0 aliphatic heterocycles. The molecule has 5 nitrogen and oxygen atoms in total. The summed E-state index contributed by atoms with van der Waals surface area (Å²) >= 11 is 0. The minimum absolute atomic E-state index is 0.0176. The van der Waals surface area contributed by atoms with Crippen LogP contribution in [0.1, 0.15) is 39.5 Å². The van der Waals surface area contributed by atoms with Gasteiger partial charge in [0.05, 0.1) is 0 Å². The van der Waals surface area contributed by atoms with E-state index in [-0.39, 0.29) is 12.6 Å². The molecule has 0 aromatic heterocycles. The molecule has 6 heteroatoms. The highest BCUT2D eigenvalue weighted by atomic mass is 32.2. The number of aliphatic hydroxyl groups excluding tert-OH is 1. The minimum Gasteiger partial charge on any atom is -0.396 e. The van der Waals surface area contributed by atoms with Gasteiger partial charge in [-0.15, -0.1) is 0 Å². The Kier molecular flexibility index (Phi) is 4.11. The lowest BCUT2D eigenvalue weighted by Crippen LogP contribution is -2.51. The van der Waals surface area contributed by atoms with Crippen molar-refractivity contribution in [1.82, 2.24) is 9.44 Å². The fourth-order valence-electron chi connectivity index (χ4n) is 1.32. The third-order valence-corrected chi connectivity index (χ3v) is 4.13. The number of nitrogens with one attached hydrogen (secondary N) is 2. The van der Waals surface area contributed by atoms with Crippen LogP contribution >= 0.6 is 0 Å². The molecule has 1 saturated carbocycles. The highest BCUT2D eigenvalue weighted by molar-refractivity contribution is 7.87. The van der Waals surface area contributed by atoms with E-state index in [0.717, 1.165) is 12.8 Å². The van der Waals surface area contributed by atoms with Gasteiger partial charge in [-0.3, -0.25) is 0 Å². The maximum Gasteiger partial charge on any atom is 0.277 e. The molecule has 0 radical (unpaired) electrons. The van der Waals surface area contributed by atoms with Crippen molar-refractivity contribution in [2.75, 3.05) is 6.61 Å². The van der Waals surface area contributed by atoms with Gasteiger partial charge in [0.15, 0.2) is 0 Å². The highest BCUT2D eigenvalue weighted by Crippen LogP contribution is 2.21. The topological polar surface area (TPSA) is 78.4 Å². The molecule has 0 spiro atoms. The monoisotopic (exact) mass is 236 g/mol. The van der Waals surface area contributed by atoms with Crippen LogP contribution in [-0.2, 0) is 10.2 Å². The molecule has 1 unspecified atom stereocenters. The molecule has 0 saturated heterocycles. The third-order valence-electron chi connectivity index (χ3n) is 2.72. The third kappa shape index (κ3) is 4.46. The lowest BCUT2D eigenvalue weighted by molar-refractivity contribution is 0.233. The van der Waals surface area contributed by atoms with Crippen LogP contribution in [0.25, 0.3) is 0 Å². The van der Waals surface area contributed by atoms with Gasteiger partial charge in [-0.05, 0) is 32.6 Å². The maximum absolute atomic E-state index is 11.6. The predicted octanol–water partition coefficient (Wildman–Crippen LogP) is 0.124. The molecule has 0 heterocycles. The van der Waals surface area contributed by atoms with Crippen molar-refractivity contribution in [2.45, 2.75) is 51.1 Å². The van der Waals surface area contributed by atoms with Crippen LogP contribution in [0, 0.1) is 0 Å². The molecule has 1 aliphatic carbocycles. The number of aliphatic hydroxyl groups is 1. The van der Waals surface area contributed by atoms with E-state index >= 15 is 0 Å². The first-order valence-electron chi connectivity index (χ1n) is 5.33. The largest absolute Gasteiger partial charge is 0.396 e. The van der Waals surface area contributed by atoms with Crippen molar-refractivity contribution >= 4 is 10.2 Å². The highest BCUT2D eigenvalue weighted by Gasteiger charge is 2.32. The van der Waals surface area contributed by atoms with E-state index in [0.29, 0.717) is 12.8 Å². The normalized spacial score (nSPS) is 21.3. The van der Waals surface area contributed by atoms with Gasteiger partial charge in [-0.2, -0.15) is 17.9 Å². The van der Waals surface area contributed by atoms with Gasteiger partial charge in [0.1, 0.15) is 0 Å². The molecule has 15 heavy (non-hydrogen) atoms. The van der Waals surface area contributed by atoms with E-state index in [2.05, 4.69) is 9.44 Å². The van der Waals surface area contributed by atoms with Crippen LogP contribution in [0.15, 0.2) is 0 Å². The molecule has 0 amide bonds. The molecule has 1 aliphatic rings. The first kappa shape index (κ1) is 12.9. The van der Waals surface area contributed by atoms with E-state index in [1.807, 2.05) is 6.92 Å². The van der Waals surface area contributed by atoms with Crippen molar-refractivity contribution in [3.05, 3.63) is 0 Å². The molecule has 1 rings (SSSR count). The molecular formula is C9H20N2O3S. The summed E-state index contributed by atoms with van der Waals surface area (Å²) in [5.41, 5.74) is -0.560. The molecule has 0 aromatic rings. The van der Waals surface area contributed by atoms with Crippen LogP contribution in [0.2, 0.25) is 0 Å². The smallest absolute Gasteiger partial charge is 0.277 e. The Morgan fingerprint density at radius 1 is 1.47 bits per heavy atom. The Morgan fingerprint density at radius 2 is 2.07 bits per heavy atom. The van der Waals surface area contributed by atoms with Gasteiger partial charge < -0.3 is 5.11 Å². The molecule has 0 aromatic carbocycles. The Labute approximate surface area is 91.4 Å². The van der Waals surface area contributed by atoms with E-state index < -0.39 is 15.7 Å². The minimum atomic E-state index is -3.42. The summed E-state index contributed by atoms with van der Waals surface area (Å²) in [7, 11) is -3.42. The molecule has 1 fully saturated rings. The van der Waals surface area contributed by atoms with Crippen LogP contribution in [0.4, 0.5) is 0 Å². The summed E-state index contributed by atoms with van der Waals surface area (Å²) in [5.74, 6) is 0. The fourth-order valence-corrected chi connectivity index (χ4v) is 2.95. The molecule has 3 N–H and O–H groups in total. The van der Waals surface area contributed by atoms with Gasteiger partial charge in [0.2, 0.25) is 0 Å². The van der Waals surface area contributed by atoms with Crippen LogP contribution in [0.5, 0.6) is 0 Å². The lowest BCUT2D eigenvalue weighted by Gasteiger charge is -2.28. The summed E-state index contributed by atoms with van der Waals surface area (Å²) in [6.07, 6.45) is 2.92. The first-order chi connectivity index (χ1) is 6.91. The first-order valence-corrected chi connectivity index (χ1v) is 6.81. The zero-order valence-electron chi connectivity index (χ0n) is 9.28. The van der Waals surface area contributed by atoms with E-state index in [4.69, 9.17) is 5.11 Å². The van der Waals surface area contributed by atoms with Gasteiger partial charge in [0.25, 0.3) is 10.2 Å². The molecule has 90 valence electrons. The fraction of sp³-hybridized carbons (Fsp3) is 1.00. The Bertz CT molecular complexity index is 300. The average Bonchev–Trinajstić information content (AvgIpc) is 2.86. The number of hydrogen-bond acceptors (Lipinski definition) is 3. The Balaban J connectivity index is 2.55. The zero-order valence-corrected chi connectivity index (χ0v) is 10.1. The van der Waals surface area contributed by atoms with Crippen molar-refractivity contribution in [2.24, 2.45) is 0 Å². The van der Waals surface area contributed by atoms with Crippen molar-refractivity contribution < 1.29 is 13.5 Å². The lowest BCUT2D eigenvalue weighted by atomic mass is 9.97. The van der Waals surface area contributed by atoms with Gasteiger partial charge in [0, 0.05) is 18.2 Å². The summed E-state index contributed by atoms with van der Waals surface area (Å²) < 4.78 is 28.4. The van der Waals surface area contributed by atoms with Gasteiger partial charge in [-0.25, -0.2) is 0 Å². The second-order valence-corrected chi connectivity index (χ2v) is 5.83. The standard InChI is InChI=1S/C9H20N2O3S/c1-3-9(2,6-7-12)11-15(13,14)10-8-4-5-8/h8,10-12H,3-7H2,1-2H3. The quantitative estimate of drug-likeness (QED) is 0.587. The van der Waals surface area contributed by atoms with Crippen LogP contribution in [-0.4, -0.2) is 31.7 Å². The second-order valence-electron chi connectivity index (χ2n) is 4.39. The summed E-state index contributed by atoms with van der Waals surface area (Å²) in [6.45, 7) is 3.68. The number of rotatable bonds is 7. The predicted molar refractivity (Wildman–Crippen MR) is 58.6 cm³/mol. The van der Waals surface area contributed by atoms with E-state index in [1.54, 1.807) is 6.92 Å². The average molecular weight is 236 g/mol. The van der Waals surface area contributed by atoms with E-state index in [1.165, 1.54) is 0 Å². The van der Waals surface area contributed by atoms with Crippen molar-refractivity contribution in [1.29, 1.82) is 0 Å². The number of hydrogen-bond donors (Lipinski definition) is 3. The Morgan fingerprint density at radius 3 is 2.47 bits per heavy atom. The summed E-state index contributed by atoms with van der Waals surface area (Å²) in [4.78, 5) is 0. The molecule has 0 bridgehead atoms. The second kappa shape index (κ2) is 4.78. The van der Waals surface area contributed by atoms with Crippen molar-refractivity contribution in [3.8, 4) is 0 Å². The van der Waals surface area contributed by atoms with Crippen molar-refractivity contribution in [3.63, 3.8) is 0 Å². The van der Waals surface area contributed by atoms with Crippen LogP contribution in [0.3, 0.4) is 0 Å². The van der Waals surface area contributed by atoms with Gasteiger partial charge in [-0.1, -0.05) is 6.92 Å². The molecule has 1 atom stereocenters. The summed E-state index contributed by atoms with van der Waals surface area (Å²) in [6, 6.07) is 0.109. The Hall–Kier alpha value is -0.170. The maximum atomic E-state index is 11.6. The van der Waals surface area contributed by atoms with Crippen LogP contribution < -0.4 is 9.44 Å². The zero-order chi connectivity index (χ0) is 11.5. The SMILES string of the molecule is CCC(C)(CCO)NS(=O)(=O)NC1CC1. The van der Waals surface area contributed by atoms with Gasteiger partial charge >= 0.3 is 0 Å². The summed E-state index contributed by atoms with van der Waals surface area (Å²) in [5, 5.41) is 8.87. The molecular weight excluding hydrogens is 216 g/mol.